The van der Waals surface area contributed by atoms with Gasteiger partial charge in [-0.05, 0) is 22.7 Å². The van der Waals surface area contributed by atoms with Gasteiger partial charge in [-0.15, -0.1) is 0 Å². The van der Waals surface area contributed by atoms with Gasteiger partial charge in [-0.1, -0.05) is 30.3 Å². The lowest BCUT2D eigenvalue weighted by atomic mass is 10.1. The third-order valence-corrected chi connectivity index (χ3v) is 2.54. The summed E-state index contributed by atoms with van der Waals surface area (Å²) in [6, 6.07) is 10.1. The van der Waals surface area contributed by atoms with Crippen molar-refractivity contribution in [1.82, 2.24) is 9.97 Å². The maximum atomic E-state index is 5.72. The molecule has 0 amide bonds. The predicted octanol–water partition coefficient (Wildman–Crippen LogP) is 2.18. The second-order valence-electron chi connectivity index (χ2n) is 3.48. The van der Waals surface area contributed by atoms with Crippen molar-refractivity contribution in [3.63, 3.8) is 0 Å². The number of nitrogens with two attached hydrogens (primary N) is 1. The summed E-state index contributed by atoms with van der Waals surface area (Å²) < 4.78 is 0. The average molecular weight is 234 g/mol. The van der Waals surface area contributed by atoms with Crippen molar-refractivity contribution >= 4 is 11.6 Å². The number of nitrogens with zero attached hydrogens (tertiary/aromatic N) is 2. The Morgan fingerprint density at radius 1 is 1.19 bits per heavy atom. The van der Waals surface area contributed by atoms with E-state index < -0.39 is 0 Å². The maximum Gasteiger partial charge on any atom is 0.222 e. The van der Waals surface area contributed by atoms with Crippen molar-refractivity contribution in [2.24, 2.45) is 5.73 Å². The van der Waals surface area contributed by atoms with Crippen LogP contribution in [-0.2, 0) is 13.0 Å². The number of hydrogen-bond donors (Lipinski definition) is 1. The summed E-state index contributed by atoms with van der Waals surface area (Å²) in [5, 5.41) is 0.247. The fourth-order valence-electron chi connectivity index (χ4n) is 1.56. The Morgan fingerprint density at radius 2 is 1.94 bits per heavy atom. The first kappa shape index (κ1) is 11.0. The van der Waals surface area contributed by atoms with Crippen LogP contribution in [0.1, 0.15) is 16.8 Å². The van der Waals surface area contributed by atoms with Crippen LogP contribution in [0.3, 0.4) is 0 Å². The van der Waals surface area contributed by atoms with Gasteiger partial charge in [0.2, 0.25) is 5.28 Å². The molecule has 2 aromatic rings. The zero-order valence-corrected chi connectivity index (χ0v) is 9.48. The Balaban J connectivity index is 2.28. The third kappa shape index (κ3) is 2.56. The van der Waals surface area contributed by atoms with Gasteiger partial charge < -0.3 is 5.73 Å². The highest BCUT2D eigenvalue weighted by Gasteiger charge is 2.05. The van der Waals surface area contributed by atoms with E-state index >= 15 is 0 Å². The molecule has 0 saturated heterocycles. The van der Waals surface area contributed by atoms with Crippen molar-refractivity contribution in [1.29, 1.82) is 0 Å². The lowest BCUT2D eigenvalue weighted by Crippen LogP contribution is -2.06. The second kappa shape index (κ2) is 5.05. The van der Waals surface area contributed by atoms with E-state index in [2.05, 4.69) is 22.1 Å². The van der Waals surface area contributed by atoms with Gasteiger partial charge in [-0.25, -0.2) is 9.97 Å². The van der Waals surface area contributed by atoms with Crippen molar-refractivity contribution in [3.8, 4) is 0 Å². The van der Waals surface area contributed by atoms with E-state index in [4.69, 9.17) is 17.3 Å². The minimum Gasteiger partial charge on any atom is -0.325 e. The third-order valence-electron chi connectivity index (χ3n) is 2.36. The zero-order chi connectivity index (χ0) is 11.4. The van der Waals surface area contributed by atoms with Crippen LogP contribution < -0.4 is 5.73 Å². The molecule has 16 heavy (non-hydrogen) atoms. The van der Waals surface area contributed by atoms with Crippen LogP contribution in [0.25, 0.3) is 0 Å². The number of hydrogen-bond acceptors (Lipinski definition) is 3. The smallest absolute Gasteiger partial charge is 0.222 e. The van der Waals surface area contributed by atoms with Gasteiger partial charge >= 0.3 is 0 Å². The second-order valence-corrected chi connectivity index (χ2v) is 3.82. The normalized spacial score (nSPS) is 10.4. The molecule has 2 rings (SSSR count). The SMILES string of the molecule is NCc1nc(Cl)ncc1Cc1ccccc1. The van der Waals surface area contributed by atoms with Gasteiger partial charge in [0.1, 0.15) is 0 Å². The van der Waals surface area contributed by atoms with Gasteiger partial charge in [-0.2, -0.15) is 0 Å². The van der Waals surface area contributed by atoms with E-state index in [1.165, 1.54) is 5.56 Å². The Bertz CT molecular complexity index is 471. The highest BCUT2D eigenvalue weighted by atomic mass is 35.5. The number of halogens is 1. The first-order chi connectivity index (χ1) is 7.79. The Morgan fingerprint density at radius 3 is 2.62 bits per heavy atom. The van der Waals surface area contributed by atoms with Gasteiger partial charge in [0.05, 0.1) is 5.69 Å². The monoisotopic (exact) mass is 233 g/mol. The Hall–Kier alpha value is -1.45. The zero-order valence-electron chi connectivity index (χ0n) is 8.73. The molecule has 1 heterocycles. The predicted molar refractivity (Wildman–Crippen MR) is 64.2 cm³/mol. The molecule has 0 unspecified atom stereocenters. The summed E-state index contributed by atoms with van der Waals surface area (Å²) in [6.07, 6.45) is 2.52. The van der Waals surface area contributed by atoms with Crippen LogP contribution in [0.2, 0.25) is 5.28 Å². The molecule has 0 radical (unpaired) electrons. The Kier molecular flexibility index (Phi) is 3.49. The quantitative estimate of drug-likeness (QED) is 0.827. The van der Waals surface area contributed by atoms with Gasteiger partial charge in [0.25, 0.3) is 0 Å². The van der Waals surface area contributed by atoms with Crippen LogP contribution in [0.4, 0.5) is 0 Å². The van der Waals surface area contributed by atoms with E-state index in [0.717, 1.165) is 17.7 Å². The largest absolute Gasteiger partial charge is 0.325 e. The van der Waals surface area contributed by atoms with E-state index in [1.54, 1.807) is 6.20 Å². The Labute approximate surface area is 99.3 Å². The number of rotatable bonds is 3. The first-order valence-electron chi connectivity index (χ1n) is 5.04. The van der Waals surface area contributed by atoms with Crippen molar-refractivity contribution in [3.05, 3.63) is 58.6 Å². The molecule has 0 aliphatic rings. The van der Waals surface area contributed by atoms with Crippen LogP contribution in [0, 0.1) is 0 Å². The molecular weight excluding hydrogens is 222 g/mol. The van der Waals surface area contributed by atoms with Gasteiger partial charge in [0.15, 0.2) is 0 Å². The van der Waals surface area contributed by atoms with E-state index in [0.29, 0.717) is 6.54 Å². The fourth-order valence-corrected chi connectivity index (χ4v) is 1.71. The maximum absolute atomic E-state index is 5.72. The van der Waals surface area contributed by atoms with Crippen molar-refractivity contribution in [2.45, 2.75) is 13.0 Å². The van der Waals surface area contributed by atoms with Gasteiger partial charge in [-0.3, -0.25) is 0 Å². The van der Waals surface area contributed by atoms with Crippen LogP contribution in [0.15, 0.2) is 36.5 Å². The molecule has 1 aromatic heterocycles. The molecule has 3 nitrogen and oxygen atoms in total. The lowest BCUT2D eigenvalue weighted by Gasteiger charge is -2.06. The van der Waals surface area contributed by atoms with Crippen molar-refractivity contribution in [2.75, 3.05) is 0 Å². The molecule has 0 aliphatic carbocycles. The summed E-state index contributed by atoms with van der Waals surface area (Å²) in [5.74, 6) is 0. The molecule has 82 valence electrons. The summed E-state index contributed by atoms with van der Waals surface area (Å²) >= 11 is 5.72. The van der Waals surface area contributed by atoms with E-state index in [9.17, 15) is 0 Å². The standard InChI is InChI=1S/C12H12ClN3/c13-12-15-8-10(11(7-14)16-12)6-9-4-2-1-3-5-9/h1-5,8H,6-7,14H2. The molecule has 4 heteroatoms. The highest BCUT2D eigenvalue weighted by molar-refractivity contribution is 6.28. The lowest BCUT2D eigenvalue weighted by molar-refractivity contribution is 0.918. The van der Waals surface area contributed by atoms with E-state index in [1.807, 2.05) is 18.2 Å². The minimum atomic E-state index is 0.247. The molecule has 0 spiro atoms. The van der Waals surface area contributed by atoms with Crippen LogP contribution in [0.5, 0.6) is 0 Å². The summed E-state index contributed by atoms with van der Waals surface area (Å²) in [7, 11) is 0. The molecule has 0 aliphatic heterocycles. The van der Waals surface area contributed by atoms with Crippen LogP contribution in [-0.4, -0.2) is 9.97 Å². The average Bonchev–Trinajstić information content (AvgIpc) is 2.33. The molecule has 0 saturated carbocycles. The molecule has 0 bridgehead atoms. The van der Waals surface area contributed by atoms with E-state index in [-0.39, 0.29) is 5.28 Å². The molecule has 2 N–H and O–H groups in total. The van der Waals surface area contributed by atoms with Gasteiger partial charge in [0, 0.05) is 19.2 Å². The highest BCUT2D eigenvalue weighted by Crippen LogP contribution is 2.13. The first-order valence-corrected chi connectivity index (χ1v) is 5.41. The number of benzene rings is 1. The van der Waals surface area contributed by atoms with Crippen LogP contribution >= 0.6 is 11.6 Å². The summed E-state index contributed by atoms with van der Waals surface area (Å²) in [6.45, 7) is 0.379. The topological polar surface area (TPSA) is 51.8 Å². The van der Waals surface area contributed by atoms with Crippen molar-refractivity contribution < 1.29 is 0 Å². The number of aromatic nitrogens is 2. The summed E-state index contributed by atoms with van der Waals surface area (Å²) in [5.41, 5.74) is 8.67. The molecular formula is C12H12ClN3. The molecule has 1 aromatic carbocycles. The fraction of sp³-hybridized carbons (Fsp3) is 0.167. The molecule has 0 atom stereocenters. The minimum absolute atomic E-state index is 0.247. The molecule has 0 fully saturated rings. The summed E-state index contributed by atoms with van der Waals surface area (Å²) in [4.78, 5) is 8.10.